The number of aromatic nitrogens is 3. The lowest BCUT2D eigenvalue weighted by Gasteiger charge is -2.04. The van der Waals surface area contributed by atoms with Crippen LogP contribution in [0.4, 0.5) is 0 Å². The second-order valence-corrected chi connectivity index (χ2v) is 4.19. The SMILES string of the molecule is N#Cc1ncn(CC(=O)c2cccc(Cl)c2Cl)n1. The smallest absolute Gasteiger partial charge is 0.252 e. The summed E-state index contributed by atoms with van der Waals surface area (Å²) in [5.74, 6) is -0.239. The molecule has 0 atom stereocenters. The van der Waals surface area contributed by atoms with E-state index >= 15 is 0 Å². The van der Waals surface area contributed by atoms with E-state index in [4.69, 9.17) is 28.5 Å². The highest BCUT2D eigenvalue weighted by Crippen LogP contribution is 2.25. The number of Topliss-reactive ketones (excluding diaryl/α,β-unsaturated/α-hetero) is 1. The molecular weight excluding hydrogens is 275 g/mol. The normalized spacial score (nSPS) is 10.1. The molecule has 90 valence electrons. The highest BCUT2D eigenvalue weighted by atomic mass is 35.5. The van der Waals surface area contributed by atoms with Crippen molar-refractivity contribution in [2.24, 2.45) is 0 Å². The number of nitriles is 1. The lowest BCUT2D eigenvalue weighted by Crippen LogP contribution is -2.11. The van der Waals surface area contributed by atoms with Crippen LogP contribution in [-0.4, -0.2) is 20.5 Å². The van der Waals surface area contributed by atoms with E-state index in [1.807, 2.05) is 0 Å². The lowest BCUT2D eigenvalue weighted by molar-refractivity contribution is 0.0967. The summed E-state index contributed by atoms with van der Waals surface area (Å²) < 4.78 is 1.28. The fourth-order valence-electron chi connectivity index (χ4n) is 1.37. The maximum absolute atomic E-state index is 12.0. The minimum Gasteiger partial charge on any atom is -0.292 e. The molecule has 0 saturated carbocycles. The molecule has 0 aliphatic carbocycles. The van der Waals surface area contributed by atoms with Gasteiger partial charge in [-0.2, -0.15) is 5.26 Å². The summed E-state index contributed by atoms with van der Waals surface area (Å²) in [5, 5.41) is 12.9. The summed E-state index contributed by atoms with van der Waals surface area (Å²) in [7, 11) is 0. The summed E-state index contributed by atoms with van der Waals surface area (Å²) in [6.07, 6.45) is 1.31. The Kier molecular flexibility index (Phi) is 3.60. The molecule has 2 aromatic rings. The Morgan fingerprint density at radius 2 is 2.22 bits per heavy atom. The Bertz CT molecular complexity index is 645. The number of benzene rings is 1. The number of halogens is 2. The minimum absolute atomic E-state index is 0.0139. The summed E-state index contributed by atoms with van der Waals surface area (Å²) in [6, 6.07) is 6.60. The number of nitrogens with zero attached hydrogens (tertiary/aromatic N) is 4. The molecule has 0 N–H and O–H groups in total. The Hall–Kier alpha value is -1.90. The zero-order valence-electron chi connectivity index (χ0n) is 8.97. The molecule has 1 aromatic carbocycles. The van der Waals surface area contributed by atoms with E-state index in [1.54, 1.807) is 24.3 Å². The Labute approximate surface area is 113 Å². The molecule has 7 heteroatoms. The van der Waals surface area contributed by atoms with Crippen molar-refractivity contribution in [2.45, 2.75) is 6.54 Å². The minimum atomic E-state index is -0.253. The van der Waals surface area contributed by atoms with Gasteiger partial charge in [0.05, 0.1) is 10.0 Å². The van der Waals surface area contributed by atoms with Crippen molar-refractivity contribution < 1.29 is 4.79 Å². The average Bonchev–Trinajstić information content (AvgIpc) is 2.80. The molecule has 1 aromatic heterocycles. The first-order chi connectivity index (χ1) is 8.61. The molecule has 0 bridgehead atoms. The van der Waals surface area contributed by atoms with Crippen LogP contribution < -0.4 is 0 Å². The van der Waals surface area contributed by atoms with E-state index in [-0.39, 0.29) is 23.2 Å². The molecule has 18 heavy (non-hydrogen) atoms. The first kappa shape index (κ1) is 12.6. The van der Waals surface area contributed by atoms with E-state index in [1.165, 1.54) is 11.0 Å². The third-order valence-corrected chi connectivity index (χ3v) is 3.01. The highest BCUT2D eigenvalue weighted by molar-refractivity contribution is 6.43. The third-order valence-electron chi connectivity index (χ3n) is 2.19. The Morgan fingerprint density at radius 3 is 2.89 bits per heavy atom. The van der Waals surface area contributed by atoms with Crippen LogP contribution in [0, 0.1) is 11.3 Å². The highest BCUT2D eigenvalue weighted by Gasteiger charge is 2.13. The maximum Gasteiger partial charge on any atom is 0.252 e. The van der Waals surface area contributed by atoms with Gasteiger partial charge in [0.1, 0.15) is 18.9 Å². The van der Waals surface area contributed by atoms with E-state index in [0.29, 0.717) is 10.6 Å². The topological polar surface area (TPSA) is 71.6 Å². The van der Waals surface area contributed by atoms with Gasteiger partial charge in [-0.1, -0.05) is 29.3 Å². The van der Waals surface area contributed by atoms with E-state index < -0.39 is 0 Å². The van der Waals surface area contributed by atoms with Crippen LogP contribution in [0.5, 0.6) is 0 Å². The zero-order chi connectivity index (χ0) is 13.1. The molecule has 0 aliphatic rings. The van der Waals surface area contributed by atoms with Crippen molar-refractivity contribution in [3.8, 4) is 6.07 Å². The van der Waals surface area contributed by atoms with E-state index in [0.717, 1.165) is 0 Å². The molecular formula is C11H6Cl2N4O. The number of carbonyl (C=O) groups is 1. The first-order valence-corrected chi connectivity index (χ1v) is 5.64. The molecule has 0 amide bonds. The van der Waals surface area contributed by atoms with Gasteiger partial charge < -0.3 is 0 Å². The van der Waals surface area contributed by atoms with Crippen molar-refractivity contribution in [1.82, 2.24) is 14.8 Å². The average molecular weight is 281 g/mol. The van der Waals surface area contributed by atoms with Crippen molar-refractivity contribution >= 4 is 29.0 Å². The number of hydrogen-bond acceptors (Lipinski definition) is 4. The standard InChI is InChI=1S/C11H6Cl2N4O/c12-8-3-1-2-7(11(8)13)9(18)5-17-6-15-10(4-14)16-17/h1-3,6H,5H2. The second kappa shape index (κ2) is 5.17. The first-order valence-electron chi connectivity index (χ1n) is 4.88. The second-order valence-electron chi connectivity index (χ2n) is 3.40. The molecule has 0 saturated heterocycles. The largest absolute Gasteiger partial charge is 0.292 e. The molecule has 0 aliphatic heterocycles. The van der Waals surface area contributed by atoms with Crippen molar-refractivity contribution in [1.29, 1.82) is 5.26 Å². The Morgan fingerprint density at radius 1 is 1.44 bits per heavy atom. The Balaban J connectivity index is 2.22. The van der Waals surface area contributed by atoms with Crippen LogP contribution in [0.1, 0.15) is 16.2 Å². The quantitative estimate of drug-likeness (QED) is 0.809. The number of carbonyl (C=O) groups excluding carboxylic acids is 1. The van der Waals surface area contributed by atoms with Crippen molar-refractivity contribution in [2.75, 3.05) is 0 Å². The van der Waals surface area contributed by atoms with Crippen LogP contribution in [0.15, 0.2) is 24.5 Å². The van der Waals surface area contributed by atoms with Crippen LogP contribution >= 0.6 is 23.2 Å². The van der Waals surface area contributed by atoms with Gasteiger partial charge in [0.2, 0.25) is 0 Å². The predicted molar refractivity (Wildman–Crippen MR) is 65.5 cm³/mol. The molecule has 0 fully saturated rings. The van der Waals surface area contributed by atoms with Crippen molar-refractivity contribution in [3.63, 3.8) is 0 Å². The van der Waals surface area contributed by atoms with E-state index in [9.17, 15) is 4.79 Å². The molecule has 2 rings (SSSR count). The maximum atomic E-state index is 12.0. The van der Waals surface area contributed by atoms with Crippen LogP contribution in [0.2, 0.25) is 10.0 Å². The summed E-state index contributed by atoms with van der Waals surface area (Å²) >= 11 is 11.8. The lowest BCUT2D eigenvalue weighted by atomic mass is 10.1. The molecule has 0 unspecified atom stereocenters. The molecule has 0 radical (unpaired) electrons. The van der Waals surface area contributed by atoms with Gasteiger partial charge in [-0.15, -0.1) is 5.10 Å². The third kappa shape index (κ3) is 2.50. The van der Waals surface area contributed by atoms with Gasteiger partial charge in [0.15, 0.2) is 5.78 Å². The van der Waals surface area contributed by atoms with E-state index in [2.05, 4.69) is 10.1 Å². The molecule has 0 spiro atoms. The van der Waals surface area contributed by atoms with Crippen LogP contribution in [0.3, 0.4) is 0 Å². The fraction of sp³-hybridized carbons (Fsp3) is 0.0909. The monoisotopic (exact) mass is 280 g/mol. The number of rotatable bonds is 3. The van der Waals surface area contributed by atoms with Gasteiger partial charge in [-0.3, -0.25) is 4.79 Å². The predicted octanol–water partition coefficient (Wildman–Crippen LogP) is 2.34. The van der Waals surface area contributed by atoms with Gasteiger partial charge >= 0.3 is 0 Å². The molecule has 1 heterocycles. The van der Waals surface area contributed by atoms with Gasteiger partial charge in [0.25, 0.3) is 5.82 Å². The number of hydrogen-bond donors (Lipinski definition) is 0. The summed E-state index contributed by atoms with van der Waals surface area (Å²) in [4.78, 5) is 15.7. The zero-order valence-corrected chi connectivity index (χ0v) is 10.5. The van der Waals surface area contributed by atoms with Gasteiger partial charge in [-0.25, -0.2) is 9.67 Å². The summed E-state index contributed by atoms with van der Waals surface area (Å²) in [6.45, 7) is -0.0469. The summed E-state index contributed by atoms with van der Waals surface area (Å²) in [5.41, 5.74) is 0.318. The van der Waals surface area contributed by atoms with Crippen LogP contribution in [-0.2, 0) is 6.54 Å². The van der Waals surface area contributed by atoms with Gasteiger partial charge in [-0.05, 0) is 12.1 Å². The fourth-order valence-corrected chi connectivity index (χ4v) is 1.78. The van der Waals surface area contributed by atoms with Gasteiger partial charge in [0, 0.05) is 5.56 Å². The number of ketones is 1. The van der Waals surface area contributed by atoms with Crippen LogP contribution in [0.25, 0.3) is 0 Å². The van der Waals surface area contributed by atoms with Crippen molar-refractivity contribution in [3.05, 3.63) is 46.0 Å². The molecule has 5 nitrogen and oxygen atoms in total.